The molecule has 0 saturated heterocycles. The molecule has 2 aromatic rings. The Labute approximate surface area is 178 Å². The third-order valence-corrected chi connectivity index (χ3v) is 4.33. The van der Waals surface area contributed by atoms with E-state index in [9.17, 15) is 35.9 Å². The standard InChI is InChI=1S/C17H13F6N5O2.C2H6/c18-16(19,20)11-3-1-10(2-4-11)15(5-6-15)26-14-24-7-9(8-25-14)12(29)27-28-13(30)17(21,22)23;1-2/h1-4,7-8H,5-6H2,(H,27,29)(H,28,30)(H,24,25,26);1-2H3. The maximum absolute atomic E-state index is 12.7. The molecular formula is C19H19F6N5O2. The number of anilines is 1. The van der Waals surface area contributed by atoms with Gasteiger partial charge in [0.15, 0.2) is 0 Å². The number of carbonyl (C=O) groups excluding carboxylic acids is 2. The Balaban J connectivity index is 0.00000176. The Morgan fingerprint density at radius 1 is 0.906 bits per heavy atom. The summed E-state index contributed by atoms with van der Waals surface area (Å²) in [6, 6.07) is 4.66. The van der Waals surface area contributed by atoms with Gasteiger partial charge in [-0.15, -0.1) is 0 Å². The van der Waals surface area contributed by atoms with E-state index in [2.05, 4.69) is 15.3 Å². The maximum Gasteiger partial charge on any atom is 0.472 e. The number of amides is 2. The van der Waals surface area contributed by atoms with Crippen LogP contribution in [0.15, 0.2) is 36.7 Å². The zero-order valence-corrected chi connectivity index (χ0v) is 16.9. The number of hydrogen-bond acceptors (Lipinski definition) is 5. The van der Waals surface area contributed by atoms with Gasteiger partial charge < -0.3 is 5.32 Å². The number of halogens is 6. The molecule has 1 heterocycles. The summed E-state index contributed by atoms with van der Waals surface area (Å²) in [6.07, 6.45) is -6.32. The molecule has 7 nitrogen and oxygen atoms in total. The van der Waals surface area contributed by atoms with Crippen LogP contribution in [0.3, 0.4) is 0 Å². The smallest absolute Gasteiger partial charge is 0.345 e. The molecule has 1 aliphatic rings. The molecule has 0 aliphatic heterocycles. The van der Waals surface area contributed by atoms with Crippen molar-refractivity contribution in [3.05, 3.63) is 53.3 Å². The van der Waals surface area contributed by atoms with E-state index in [0.717, 1.165) is 24.5 Å². The largest absolute Gasteiger partial charge is 0.472 e. The average molecular weight is 463 g/mol. The van der Waals surface area contributed by atoms with Crippen molar-refractivity contribution in [3.8, 4) is 0 Å². The van der Waals surface area contributed by atoms with Gasteiger partial charge >= 0.3 is 18.3 Å². The summed E-state index contributed by atoms with van der Waals surface area (Å²) in [5.74, 6) is -3.34. The van der Waals surface area contributed by atoms with Crippen molar-refractivity contribution in [1.29, 1.82) is 0 Å². The highest BCUT2D eigenvalue weighted by Gasteiger charge is 2.45. The van der Waals surface area contributed by atoms with Crippen LogP contribution in [0.5, 0.6) is 0 Å². The third kappa shape index (κ3) is 6.08. The van der Waals surface area contributed by atoms with E-state index in [1.54, 1.807) is 5.43 Å². The molecule has 0 bridgehead atoms. The van der Waals surface area contributed by atoms with Gasteiger partial charge in [-0.1, -0.05) is 26.0 Å². The van der Waals surface area contributed by atoms with Gasteiger partial charge in [-0.05, 0) is 30.5 Å². The summed E-state index contributed by atoms with van der Waals surface area (Å²) in [6.45, 7) is 4.00. The second-order valence-electron chi connectivity index (χ2n) is 6.48. The first kappa shape index (κ1) is 24.9. The second kappa shape index (κ2) is 9.40. The lowest BCUT2D eigenvalue weighted by Crippen LogP contribution is -2.47. The molecule has 32 heavy (non-hydrogen) atoms. The SMILES string of the molecule is CC.O=C(NNC(=O)C(F)(F)F)c1cnc(NC2(c3ccc(C(F)(F)F)cc3)CC2)nc1. The lowest BCUT2D eigenvalue weighted by molar-refractivity contribution is -0.174. The minimum Gasteiger partial charge on any atom is -0.345 e. The van der Waals surface area contributed by atoms with Crippen LogP contribution in [0.25, 0.3) is 0 Å². The quantitative estimate of drug-likeness (QED) is 0.472. The van der Waals surface area contributed by atoms with Crippen LogP contribution in [0.1, 0.15) is 48.2 Å². The van der Waals surface area contributed by atoms with Gasteiger partial charge in [-0.2, -0.15) is 26.3 Å². The molecule has 1 fully saturated rings. The van der Waals surface area contributed by atoms with E-state index in [1.807, 2.05) is 13.8 Å². The van der Waals surface area contributed by atoms with Crippen molar-refractivity contribution >= 4 is 17.8 Å². The Kier molecular flexibility index (Phi) is 7.31. The zero-order chi connectivity index (χ0) is 24.2. The van der Waals surface area contributed by atoms with E-state index in [0.29, 0.717) is 18.4 Å². The molecule has 0 radical (unpaired) electrons. The fourth-order valence-electron chi connectivity index (χ4n) is 2.57. The number of hydrogen-bond donors (Lipinski definition) is 3. The molecule has 1 aromatic heterocycles. The lowest BCUT2D eigenvalue weighted by atomic mass is 10.0. The fraction of sp³-hybridized carbons (Fsp3) is 0.368. The van der Waals surface area contributed by atoms with Gasteiger partial charge in [-0.25, -0.2) is 9.97 Å². The number of hydrazine groups is 1. The number of alkyl halides is 6. The number of carbonyl (C=O) groups is 2. The highest BCUT2D eigenvalue weighted by Crippen LogP contribution is 2.48. The zero-order valence-electron chi connectivity index (χ0n) is 16.9. The van der Waals surface area contributed by atoms with E-state index < -0.39 is 35.3 Å². The number of rotatable bonds is 4. The minimum absolute atomic E-state index is 0.0725. The van der Waals surface area contributed by atoms with E-state index >= 15 is 0 Å². The highest BCUT2D eigenvalue weighted by molar-refractivity contribution is 5.95. The van der Waals surface area contributed by atoms with Crippen LogP contribution in [0.4, 0.5) is 32.3 Å². The summed E-state index contributed by atoms with van der Waals surface area (Å²) in [5, 5.41) is 2.99. The van der Waals surface area contributed by atoms with Crippen molar-refractivity contribution in [2.24, 2.45) is 0 Å². The number of benzene rings is 1. The van der Waals surface area contributed by atoms with E-state index in [4.69, 9.17) is 0 Å². The topological polar surface area (TPSA) is 96.0 Å². The molecule has 0 atom stereocenters. The van der Waals surface area contributed by atoms with Crippen LogP contribution in [0.2, 0.25) is 0 Å². The molecule has 1 saturated carbocycles. The molecule has 174 valence electrons. The van der Waals surface area contributed by atoms with Crippen molar-refractivity contribution < 1.29 is 35.9 Å². The maximum atomic E-state index is 12.7. The summed E-state index contributed by atoms with van der Waals surface area (Å²) in [4.78, 5) is 30.2. The monoisotopic (exact) mass is 463 g/mol. The van der Waals surface area contributed by atoms with Crippen LogP contribution < -0.4 is 16.2 Å². The Bertz CT molecular complexity index is 939. The average Bonchev–Trinajstić information content (AvgIpc) is 3.53. The number of nitrogens with zero attached hydrogens (tertiary/aromatic N) is 2. The first-order valence-electron chi connectivity index (χ1n) is 9.36. The lowest BCUT2D eigenvalue weighted by Gasteiger charge is -2.18. The summed E-state index contributed by atoms with van der Waals surface area (Å²) in [7, 11) is 0. The van der Waals surface area contributed by atoms with Crippen molar-refractivity contribution in [2.75, 3.05) is 5.32 Å². The van der Waals surface area contributed by atoms with Gasteiger partial charge in [0.1, 0.15) is 0 Å². The first-order valence-corrected chi connectivity index (χ1v) is 9.36. The van der Waals surface area contributed by atoms with Gasteiger partial charge in [0.05, 0.1) is 16.7 Å². The van der Waals surface area contributed by atoms with Crippen LogP contribution >= 0.6 is 0 Å². The van der Waals surface area contributed by atoms with E-state index in [-0.39, 0.29) is 11.5 Å². The third-order valence-electron chi connectivity index (χ3n) is 4.33. The van der Waals surface area contributed by atoms with E-state index in [1.165, 1.54) is 17.6 Å². The summed E-state index contributed by atoms with van der Waals surface area (Å²) < 4.78 is 74.3. The molecule has 0 spiro atoms. The molecule has 1 aromatic carbocycles. The predicted molar refractivity (Wildman–Crippen MR) is 101 cm³/mol. The summed E-state index contributed by atoms with van der Waals surface area (Å²) in [5.41, 5.74) is 1.75. The molecule has 3 rings (SSSR count). The molecule has 13 heteroatoms. The first-order chi connectivity index (χ1) is 14.9. The van der Waals surface area contributed by atoms with Crippen LogP contribution in [0, 0.1) is 0 Å². The van der Waals surface area contributed by atoms with Crippen LogP contribution in [-0.4, -0.2) is 28.0 Å². The van der Waals surface area contributed by atoms with Crippen molar-refractivity contribution in [1.82, 2.24) is 20.8 Å². The van der Waals surface area contributed by atoms with Crippen LogP contribution in [-0.2, 0) is 16.5 Å². The summed E-state index contributed by atoms with van der Waals surface area (Å²) >= 11 is 0. The van der Waals surface area contributed by atoms with Gasteiger partial charge in [-0.3, -0.25) is 20.4 Å². The Hall–Kier alpha value is -3.38. The molecular weight excluding hydrogens is 444 g/mol. The van der Waals surface area contributed by atoms with Gasteiger partial charge in [0.25, 0.3) is 5.91 Å². The second-order valence-corrected chi connectivity index (χ2v) is 6.48. The van der Waals surface area contributed by atoms with Crippen molar-refractivity contribution in [3.63, 3.8) is 0 Å². The number of aromatic nitrogens is 2. The normalized spacial score (nSPS) is 14.5. The van der Waals surface area contributed by atoms with Gasteiger partial charge in [0.2, 0.25) is 5.95 Å². The highest BCUT2D eigenvalue weighted by atomic mass is 19.4. The Morgan fingerprint density at radius 3 is 1.88 bits per heavy atom. The molecule has 3 N–H and O–H groups in total. The predicted octanol–water partition coefficient (Wildman–Crippen LogP) is 3.95. The van der Waals surface area contributed by atoms with Crippen molar-refractivity contribution in [2.45, 2.75) is 44.6 Å². The fourth-order valence-corrected chi connectivity index (χ4v) is 2.57. The minimum atomic E-state index is -5.16. The molecule has 1 aliphatic carbocycles. The molecule has 0 unspecified atom stereocenters. The van der Waals surface area contributed by atoms with Gasteiger partial charge in [0, 0.05) is 12.4 Å². The number of nitrogens with one attached hydrogen (secondary N) is 3. The molecule has 2 amide bonds. The Morgan fingerprint density at radius 2 is 1.44 bits per heavy atom.